The van der Waals surface area contributed by atoms with Crippen molar-refractivity contribution in [1.29, 1.82) is 0 Å². The number of hydrogen-bond donors (Lipinski definition) is 2. The van der Waals surface area contributed by atoms with Crippen molar-refractivity contribution >= 4 is 47.0 Å². The minimum absolute atomic E-state index is 0.0171. The lowest BCUT2D eigenvalue weighted by atomic mass is 10.0. The molecule has 0 aliphatic rings. The normalized spacial score (nSPS) is 11.4. The van der Waals surface area contributed by atoms with Crippen molar-refractivity contribution in [3.63, 3.8) is 0 Å². The van der Waals surface area contributed by atoms with Gasteiger partial charge in [0.15, 0.2) is 0 Å². The zero-order valence-corrected chi connectivity index (χ0v) is 26.1. The van der Waals surface area contributed by atoms with Crippen LogP contribution in [0.2, 0.25) is 10.0 Å². The first kappa shape index (κ1) is 35.5. The fourth-order valence-electron chi connectivity index (χ4n) is 3.67. The lowest BCUT2D eigenvalue weighted by Crippen LogP contribution is -2.50. The number of benzene rings is 2. The Morgan fingerprint density at radius 3 is 1.63 bits per heavy atom. The van der Waals surface area contributed by atoms with Crippen molar-refractivity contribution in [2.45, 2.75) is 52.1 Å². The molecule has 0 saturated carbocycles. The molecule has 0 aromatic heterocycles. The first-order valence-corrected chi connectivity index (χ1v) is 13.4. The van der Waals surface area contributed by atoms with Crippen molar-refractivity contribution in [2.75, 3.05) is 28.4 Å². The molecule has 0 fully saturated rings. The van der Waals surface area contributed by atoms with E-state index in [1.807, 2.05) is 13.8 Å². The number of rotatable bonds is 11. The number of esters is 2. The van der Waals surface area contributed by atoms with E-state index < -0.39 is 23.5 Å². The predicted octanol–water partition coefficient (Wildman–Crippen LogP) is 4.16. The summed E-state index contributed by atoms with van der Waals surface area (Å²) in [5, 5.41) is 6.16. The van der Waals surface area contributed by atoms with E-state index >= 15 is 0 Å². The molecule has 12 heteroatoms. The maximum absolute atomic E-state index is 12.1. The minimum atomic E-state index is -1.10. The highest BCUT2D eigenvalue weighted by Gasteiger charge is 2.31. The molecule has 10 nitrogen and oxygen atoms in total. The van der Waals surface area contributed by atoms with Crippen molar-refractivity contribution in [3.05, 3.63) is 57.6 Å². The van der Waals surface area contributed by atoms with Gasteiger partial charge in [0.25, 0.3) is 0 Å². The molecule has 0 unspecified atom stereocenters. The monoisotopic (exact) mass is 612 g/mol. The lowest BCUT2D eigenvalue weighted by molar-refractivity contribution is -0.149. The molecule has 2 aromatic carbocycles. The second kappa shape index (κ2) is 16.7. The van der Waals surface area contributed by atoms with E-state index in [1.54, 1.807) is 50.2 Å². The van der Waals surface area contributed by atoms with Crippen LogP contribution in [0.5, 0.6) is 11.5 Å². The van der Waals surface area contributed by atoms with Crippen molar-refractivity contribution in [3.8, 4) is 11.5 Å². The van der Waals surface area contributed by atoms with E-state index in [4.69, 9.17) is 32.7 Å². The molecule has 0 spiro atoms. The van der Waals surface area contributed by atoms with Crippen molar-refractivity contribution in [1.82, 2.24) is 10.6 Å². The Kier molecular flexibility index (Phi) is 14.5. The van der Waals surface area contributed by atoms with Gasteiger partial charge >= 0.3 is 11.9 Å². The Balaban J connectivity index is 0.000000410. The molecule has 226 valence electrons. The van der Waals surface area contributed by atoms with Crippen LogP contribution in [0.3, 0.4) is 0 Å². The molecule has 0 saturated heterocycles. The van der Waals surface area contributed by atoms with Crippen LogP contribution in [0.4, 0.5) is 0 Å². The summed E-state index contributed by atoms with van der Waals surface area (Å²) >= 11 is 12.2. The zero-order valence-electron chi connectivity index (χ0n) is 24.6. The summed E-state index contributed by atoms with van der Waals surface area (Å²) in [4.78, 5) is 47.3. The number of amides is 2. The van der Waals surface area contributed by atoms with Crippen LogP contribution >= 0.6 is 23.2 Å². The molecule has 0 heterocycles. The van der Waals surface area contributed by atoms with E-state index in [9.17, 15) is 19.2 Å². The number of hydrogen-bond acceptors (Lipinski definition) is 8. The lowest BCUT2D eigenvalue weighted by Gasteiger charge is -2.23. The SMILES string of the molecule is COC(=O)C(C)(C)NC(=O)Cc1c(Cl)cccc1OC.COC(=O)[C@@H](NC(=O)Cc1c(Cl)cccc1OC)C(C)C. The van der Waals surface area contributed by atoms with Gasteiger partial charge in [0.1, 0.15) is 23.1 Å². The second-order valence-corrected chi connectivity index (χ2v) is 10.5. The summed E-state index contributed by atoms with van der Waals surface area (Å²) in [5.74, 6) is -0.645. The maximum Gasteiger partial charge on any atom is 0.330 e. The Labute approximate surface area is 251 Å². The molecule has 2 N–H and O–H groups in total. The van der Waals surface area contributed by atoms with Gasteiger partial charge < -0.3 is 29.6 Å². The Bertz CT molecular complexity index is 1220. The first-order valence-electron chi connectivity index (χ1n) is 12.6. The van der Waals surface area contributed by atoms with E-state index in [1.165, 1.54) is 28.4 Å². The molecular formula is C29H38Cl2N2O8. The van der Waals surface area contributed by atoms with Gasteiger partial charge in [0.05, 0.1) is 41.3 Å². The highest BCUT2D eigenvalue weighted by atomic mass is 35.5. The second-order valence-electron chi connectivity index (χ2n) is 9.67. The number of nitrogens with one attached hydrogen (secondary N) is 2. The zero-order chi connectivity index (χ0) is 31.3. The summed E-state index contributed by atoms with van der Waals surface area (Å²) in [5.41, 5.74) is 0.0710. The number of methoxy groups -OCH3 is 4. The van der Waals surface area contributed by atoms with Gasteiger partial charge in [0, 0.05) is 21.2 Å². The molecule has 0 aliphatic carbocycles. The highest BCUT2D eigenvalue weighted by Crippen LogP contribution is 2.27. The third kappa shape index (κ3) is 10.8. The summed E-state index contributed by atoms with van der Waals surface area (Å²) in [6.45, 7) is 6.80. The molecule has 0 aliphatic heterocycles. The quantitative estimate of drug-likeness (QED) is 0.362. The first-order chi connectivity index (χ1) is 19.2. The summed E-state index contributed by atoms with van der Waals surface area (Å²) in [6, 6.07) is 9.62. The smallest absolute Gasteiger partial charge is 0.330 e. The summed E-state index contributed by atoms with van der Waals surface area (Å²) in [6.07, 6.45) is 0.0479. The van der Waals surface area contributed by atoms with Crippen LogP contribution in [0.15, 0.2) is 36.4 Å². The summed E-state index contributed by atoms with van der Waals surface area (Å²) < 4.78 is 19.7. The molecule has 2 aromatic rings. The van der Waals surface area contributed by atoms with Gasteiger partial charge in [-0.15, -0.1) is 0 Å². The molecular weight excluding hydrogens is 575 g/mol. The third-order valence-corrected chi connectivity index (χ3v) is 6.56. The average molecular weight is 614 g/mol. The Morgan fingerprint density at radius 1 is 0.780 bits per heavy atom. The largest absolute Gasteiger partial charge is 0.496 e. The van der Waals surface area contributed by atoms with Crippen LogP contribution < -0.4 is 20.1 Å². The Hall–Kier alpha value is -3.50. The predicted molar refractivity (Wildman–Crippen MR) is 156 cm³/mol. The van der Waals surface area contributed by atoms with Crippen molar-refractivity contribution in [2.24, 2.45) is 5.92 Å². The van der Waals surface area contributed by atoms with Crippen LogP contribution in [0, 0.1) is 5.92 Å². The summed E-state index contributed by atoms with van der Waals surface area (Å²) in [7, 11) is 5.58. The van der Waals surface area contributed by atoms with Gasteiger partial charge in [-0.25, -0.2) is 9.59 Å². The topological polar surface area (TPSA) is 129 Å². The van der Waals surface area contributed by atoms with Gasteiger partial charge in [0.2, 0.25) is 11.8 Å². The molecule has 0 radical (unpaired) electrons. The third-order valence-electron chi connectivity index (χ3n) is 5.85. The average Bonchev–Trinajstić information content (AvgIpc) is 2.92. The van der Waals surface area contributed by atoms with E-state index in [2.05, 4.69) is 20.1 Å². The molecule has 2 rings (SSSR count). The number of carbonyl (C=O) groups is 4. The van der Waals surface area contributed by atoms with E-state index in [0.29, 0.717) is 32.7 Å². The molecule has 1 atom stereocenters. The van der Waals surface area contributed by atoms with Crippen LogP contribution in [0.25, 0.3) is 0 Å². The van der Waals surface area contributed by atoms with Crippen LogP contribution in [-0.2, 0) is 41.5 Å². The number of halogens is 2. The maximum atomic E-state index is 12.1. The van der Waals surface area contributed by atoms with Gasteiger partial charge in [-0.05, 0) is 44.0 Å². The van der Waals surface area contributed by atoms with Gasteiger partial charge in [-0.3, -0.25) is 9.59 Å². The molecule has 2 amide bonds. The number of ether oxygens (including phenoxy) is 4. The van der Waals surface area contributed by atoms with E-state index in [-0.39, 0.29) is 30.6 Å². The highest BCUT2D eigenvalue weighted by molar-refractivity contribution is 6.32. The van der Waals surface area contributed by atoms with Crippen LogP contribution in [-0.4, -0.2) is 63.8 Å². The van der Waals surface area contributed by atoms with Crippen molar-refractivity contribution < 1.29 is 38.1 Å². The molecule has 41 heavy (non-hydrogen) atoms. The fraction of sp³-hybridized carbons (Fsp3) is 0.448. The van der Waals surface area contributed by atoms with E-state index in [0.717, 1.165) is 0 Å². The molecule has 0 bridgehead atoms. The van der Waals surface area contributed by atoms with Gasteiger partial charge in [-0.1, -0.05) is 49.2 Å². The number of carbonyl (C=O) groups excluding carboxylic acids is 4. The Morgan fingerprint density at radius 2 is 1.24 bits per heavy atom. The minimum Gasteiger partial charge on any atom is -0.496 e. The van der Waals surface area contributed by atoms with Gasteiger partial charge in [-0.2, -0.15) is 0 Å². The van der Waals surface area contributed by atoms with Crippen LogP contribution in [0.1, 0.15) is 38.8 Å². The standard InChI is InChI=1S/C15H20ClNO4.C14H18ClNO4/c1-9(2)14(15(19)21-4)17-13(18)8-10-11(16)6-5-7-12(10)20-3;1-14(2,13(18)20-4)16-12(17)8-9-10(15)6-5-7-11(9)19-3/h5-7,9,14H,8H2,1-4H3,(H,17,18);5-7H,8H2,1-4H3,(H,16,17)/t14-;/m0./s1. The fourth-order valence-corrected chi connectivity index (χ4v) is 4.14.